The van der Waals surface area contributed by atoms with Gasteiger partial charge in [-0.1, -0.05) is 6.92 Å². The Bertz CT molecular complexity index is 431. The van der Waals surface area contributed by atoms with E-state index in [4.69, 9.17) is 5.73 Å². The Labute approximate surface area is 105 Å². The van der Waals surface area contributed by atoms with Crippen molar-refractivity contribution in [3.63, 3.8) is 0 Å². The highest BCUT2D eigenvalue weighted by Gasteiger charge is 2.36. The lowest BCUT2D eigenvalue weighted by Crippen LogP contribution is -2.45. The second kappa shape index (κ2) is 5.16. The van der Waals surface area contributed by atoms with Crippen molar-refractivity contribution in [1.29, 1.82) is 0 Å². The van der Waals surface area contributed by atoms with Gasteiger partial charge < -0.3 is 10.6 Å². The van der Waals surface area contributed by atoms with Crippen LogP contribution in [0, 0.1) is 5.92 Å². The van der Waals surface area contributed by atoms with Crippen LogP contribution in [0.2, 0.25) is 0 Å². The van der Waals surface area contributed by atoms with Gasteiger partial charge in [-0.3, -0.25) is 14.3 Å². The number of hydrogen-bond acceptors (Lipinski definition) is 4. The molecule has 1 saturated heterocycles. The molecule has 2 atom stereocenters. The Hall–Kier alpha value is -1.92. The van der Waals surface area contributed by atoms with E-state index in [-0.39, 0.29) is 11.8 Å². The summed E-state index contributed by atoms with van der Waals surface area (Å²) >= 11 is 0. The Morgan fingerprint density at radius 1 is 1.67 bits per heavy atom. The fraction of sp³-hybridized carbons (Fsp3) is 0.636. The molecule has 7 nitrogen and oxygen atoms in total. The number of likely N-dealkylation sites (tertiary alicyclic amines) is 1. The molecule has 1 aromatic rings. The summed E-state index contributed by atoms with van der Waals surface area (Å²) in [5.74, 6) is -0.286. The molecule has 2 unspecified atom stereocenters. The predicted molar refractivity (Wildman–Crippen MR) is 63.1 cm³/mol. The maximum atomic E-state index is 11.9. The summed E-state index contributed by atoms with van der Waals surface area (Å²) in [5.41, 5.74) is 5.31. The average molecular weight is 251 g/mol. The van der Waals surface area contributed by atoms with E-state index in [0.29, 0.717) is 25.9 Å². The first-order chi connectivity index (χ1) is 8.61. The second-order valence-corrected chi connectivity index (χ2v) is 4.56. The predicted octanol–water partition coefficient (Wildman–Crippen LogP) is -0.609. The number of hydrogen-bond donors (Lipinski definition) is 1. The van der Waals surface area contributed by atoms with Crippen LogP contribution in [0.15, 0.2) is 12.7 Å². The van der Waals surface area contributed by atoms with Crippen LogP contribution in [-0.4, -0.2) is 44.1 Å². The molecule has 0 spiro atoms. The zero-order valence-corrected chi connectivity index (χ0v) is 10.3. The number of primary amides is 1. The number of carbonyl (C=O) groups excluding carboxylic acids is 2. The van der Waals surface area contributed by atoms with Gasteiger partial charge in [0.1, 0.15) is 18.7 Å². The maximum Gasteiger partial charge on any atom is 0.240 e. The van der Waals surface area contributed by atoms with Crippen LogP contribution in [0.3, 0.4) is 0 Å². The van der Waals surface area contributed by atoms with Crippen molar-refractivity contribution in [3.8, 4) is 0 Å². The van der Waals surface area contributed by atoms with Crippen molar-refractivity contribution in [2.45, 2.75) is 32.4 Å². The first-order valence-corrected chi connectivity index (χ1v) is 6.03. The lowest BCUT2D eigenvalue weighted by Gasteiger charge is -2.24. The molecule has 2 N–H and O–H groups in total. The molecule has 18 heavy (non-hydrogen) atoms. The van der Waals surface area contributed by atoms with E-state index in [0.717, 1.165) is 0 Å². The Balaban J connectivity index is 2.00. The van der Waals surface area contributed by atoms with Gasteiger partial charge in [0.15, 0.2) is 0 Å². The molecule has 0 aromatic carbocycles. The van der Waals surface area contributed by atoms with E-state index < -0.39 is 11.9 Å². The quantitative estimate of drug-likeness (QED) is 0.755. The monoisotopic (exact) mass is 251 g/mol. The highest BCUT2D eigenvalue weighted by Crippen LogP contribution is 2.22. The van der Waals surface area contributed by atoms with Gasteiger partial charge in [-0.05, 0) is 6.42 Å². The summed E-state index contributed by atoms with van der Waals surface area (Å²) < 4.78 is 1.70. The summed E-state index contributed by atoms with van der Waals surface area (Å²) in [7, 11) is 0. The molecule has 0 radical (unpaired) electrons. The minimum Gasteiger partial charge on any atom is -0.368 e. The second-order valence-electron chi connectivity index (χ2n) is 4.56. The van der Waals surface area contributed by atoms with E-state index in [1.54, 1.807) is 15.9 Å². The van der Waals surface area contributed by atoms with E-state index in [1.165, 1.54) is 6.33 Å². The van der Waals surface area contributed by atoms with E-state index in [2.05, 4.69) is 10.1 Å². The van der Waals surface area contributed by atoms with Crippen molar-refractivity contribution < 1.29 is 9.59 Å². The minimum atomic E-state index is -0.488. The third kappa shape index (κ3) is 2.49. The summed E-state index contributed by atoms with van der Waals surface area (Å²) in [5, 5.41) is 4.01. The van der Waals surface area contributed by atoms with Gasteiger partial charge in [-0.2, -0.15) is 5.10 Å². The van der Waals surface area contributed by atoms with Crippen LogP contribution in [0.4, 0.5) is 0 Å². The molecule has 2 heterocycles. The van der Waals surface area contributed by atoms with Crippen LogP contribution >= 0.6 is 0 Å². The first kappa shape index (κ1) is 12.5. The third-order valence-electron chi connectivity index (χ3n) is 3.24. The highest BCUT2D eigenvalue weighted by atomic mass is 16.2. The molecule has 98 valence electrons. The molecule has 2 rings (SSSR count). The molecule has 1 aromatic heterocycles. The minimum absolute atomic E-state index is 0.00855. The van der Waals surface area contributed by atoms with Crippen LogP contribution in [0.5, 0.6) is 0 Å². The number of nitrogens with two attached hydrogens (primary N) is 1. The molecule has 2 amide bonds. The Kier molecular flexibility index (Phi) is 3.59. The number of amides is 2. The summed E-state index contributed by atoms with van der Waals surface area (Å²) in [6.45, 7) is 3.05. The summed E-state index contributed by atoms with van der Waals surface area (Å²) in [6, 6.07) is -0.488. The molecule has 1 aliphatic heterocycles. The lowest BCUT2D eigenvalue weighted by molar-refractivity contribution is -0.136. The van der Waals surface area contributed by atoms with Crippen LogP contribution in [0.25, 0.3) is 0 Å². The smallest absolute Gasteiger partial charge is 0.240 e. The molecular formula is C11H17N5O2. The standard InChI is InChI=1S/C11H17N5O2/c1-2-9(11(12)18)16-5-8(3-10(16)17)4-15-7-13-6-14-15/h6-9H,2-5H2,1H3,(H2,12,18). The average Bonchev–Trinajstić information content (AvgIpc) is 2.91. The lowest BCUT2D eigenvalue weighted by atomic mass is 10.1. The fourth-order valence-corrected chi connectivity index (χ4v) is 2.40. The molecule has 1 aliphatic rings. The van der Waals surface area contributed by atoms with Crippen molar-refractivity contribution >= 4 is 11.8 Å². The zero-order valence-electron chi connectivity index (χ0n) is 10.3. The molecule has 0 aliphatic carbocycles. The van der Waals surface area contributed by atoms with Gasteiger partial charge in [-0.15, -0.1) is 0 Å². The topological polar surface area (TPSA) is 94.1 Å². The van der Waals surface area contributed by atoms with Gasteiger partial charge in [0.05, 0.1) is 0 Å². The molecule has 0 saturated carbocycles. The number of nitrogens with zero attached hydrogens (tertiary/aromatic N) is 4. The van der Waals surface area contributed by atoms with Gasteiger partial charge in [0.25, 0.3) is 0 Å². The number of rotatable bonds is 5. The van der Waals surface area contributed by atoms with Gasteiger partial charge >= 0.3 is 0 Å². The van der Waals surface area contributed by atoms with Gasteiger partial charge in [0, 0.05) is 25.4 Å². The molecule has 7 heteroatoms. The van der Waals surface area contributed by atoms with Crippen LogP contribution in [-0.2, 0) is 16.1 Å². The Morgan fingerprint density at radius 3 is 3.00 bits per heavy atom. The number of aromatic nitrogens is 3. The highest BCUT2D eigenvalue weighted by molar-refractivity contribution is 5.87. The summed E-state index contributed by atoms with van der Waals surface area (Å²) in [6.07, 6.45) is 4.08. The van der Waals surface area contributed by atoms with Crippen molar-refractivity contribution in [2.24, 2.45) is 11.7 Å². The first-order valence-electron chi connectivity index (χ1n) is 6.03. The normalized spacial score (nSPS) is 21.3. The van der Waals surface area contributed by atoms with Crippen molar-refractivity contribution in [2.75, 3.05) is 6.54 Å². The fourth-order valence-electron chi connectivity index (χ4n) is 2.40. The molecular weight excluding hydrogens is 234 g/mol. The van der Waals surface area contributed by atoms with E-state index in [1.807, 2.05) is 6.92 Å². The van der Waals surface area contributed by atoms with Gasteiger partial charge in [-0.25, -0.2) is 4.98 Å². The zero-order chi connectivity index (χ0) is 13.1. The maximum absolute atomic E-state index is 11.9. The van der Waals surface area contributed by atoms with Crippen LogP contribution in [0.1, 0.15) is 19.8 Å². The van der Waals surface area contributed by atoms with Crippen molar-refractivity contribution in [3.05, 3.63) is 12.7 Å². The van der Waals surface area contributed by atoms with E-state index in [9.17, 15) is 9.59 Å². The third-order valence-corrected chi connectivity index (χ3v) is 3.24. The summed E-state index contributed by atoms with van der Waals surface area (Å²) in [4.78, 5) is 28.6. The largest absolute Gasteiger partial charge is 0.368 e. The molecule has 0 bridgehead atoms. The SMILES string of the molecule is CCC(C(N)=O)N1CC(Cn2cncn2)CC1=O. The van der Waals surface area contributed by atoms with Gasteiger partial charge in [0.2, 0.25) is 11.8 Å². The molecule has 1 fully saturated rings. The van der Waals surface area contributed by atoms with Crippen LogP contribution < -0.4 is 5.73 Å². The Morgan fingerprint density at radius 2 is 2.44 bits per heavy atom. The number of carbonyl (C=O) groups is 2. The van der Waals surface area contributed by atoms with E-state index >= 15 is 0 Å². The van der Waals surface area contributed by atoms with Crippen molar-refractivity contribution in [1.82, 2.24) is 19.7 Å².